The molecule has 7 aromatic rings. The summed E-state index contributed by atoms with van der Waals surface area (Å²) >= 11 is 3.61. The van der Waals surface area contributed by atoms with Crippen LogP contribution in [0.2, 0.25) is 0 Å². The molecule has 0 saturated heterocycles. The second-order valence-corrected chi connectivity index (χ2v) is 9.35. The molecule has 0 N–H and O–H groups in total. The first kappa shape index (κ1) is 15.7. The van der Waals surface area contributed by atoms with E-state index in [2.05, 4.69) is 48.5 Å². The highest BCUT2D eigenvalue weighted by atomic mass is 32.1. The lowest BCUT2D eigenvalue weighted by atomic mass is 9.99. The molecule has 0 fully saturated rings. The van der Waals surface area contributed by atoms with E-state index in [4.69, 9.17) is 4.42 Å². The zero-order valence-corrected chi connectivity index (χ0v) is 16.7. The van der Waals surface area contributed by atoms with Gasteiger partial charge in [0.25, 0.3) is 0 Å². The monoisotopic (exact) mass is 408 g/mol. The highest BCUT2D eigenvalue weighted by molar-refractivity contribution is 7.33. The van der Waals surface area contributed by atoms with E-state index in [-0.39, 0.29) is 5.63 Å². The van der Waals surface area contributed by atoms with Crippen molar-refractivity contribution in [3.05, 3.63) is 83.2 Å². The summed E-state index contributed by atoms with van der Waals surface area (Å²) in [5.74, 6) is 0. The maximum atomic E-state index is 12.9. The maximum absolute atomic E-state index is 12.9. The molecule has 136 valence electrons. The molecule has 0 aliphatic heterocycles. The molecule has 0 aliphatic carbocycles. The molecular formula is C25H12O2S2. The summed E-state index contributed by atoms with van der Waals surface area (Å²) in [4.78, 5) is 12.9. The van der Waals surface area contributed by atoms with Crippen molar-refractivity contribution < 1.29 is 4.42 Å². The first-order valence-corrected chi connectivity index (χ1v) is 11.0. The van der Waals surface area contributed by atoms with Crippen LogP contribution in [0.15, 0.2) is 82.0 Å². The van der Waals surface area contributed by atoms with Crippen molar-refractivity contribution in [2.75, 3.05) is 0 Å². The molecule has 2 nitrogen and oxygen atoms in total. The van der Waals surface area contributed by atoms with E-state index in [0.29, 0.717) is 11.0 Å². The highest BCUT2D eigenvalue weighted by Gasteiger charge is 2.21. The van der Waals surface area contributed by atoms with Gasteiger partial charge in [0.2, 0.25) is 0 Å². The van der Waals surface area contributed by atoms with E-state index in [0.717, 1.165) is 21.5 Å². The summed E-state index contributed by atoms with van der Waals surface area (Å²) in [6.45, 7) is 0. The van der Waals surface area contributed by atoms with Crippen molar-refractivity contribution in [1.82, 2.24) is 0 Å². The number of thiophene rings is 2. The van der Waals surface area contributed by atoms with E-state index >= 15 is 0 Å². The Bertz CT molecular complexity index is 1830. The number of rotatable bonds is 0. The summed E-state index contributed by atoms with van der Waals surface area (Å²) in [5.41, 5.74) is 0.431. The Balaban J connectivity index is 1.97. The van der Waals surface area contributed by atoms with Crippen molar-refractivity contribution in [3.63, 3.8) is 0 Å². The second kappa shape index (κ2) is 5.44. The van der Waals surface area contributed by atoms with Gasteiger partial charge in [0, 0.05) is 41.7 Å². The van der Waals surface area contributed by atoms with Gasteiger partial charge in [-0.15, -0.1) is 22.7 Å². The molecule has 0 bridgehead atoms. The number of hydrogen-bond donors (Lipinski definition) is 0. The number of benzene rings is 4. The topological polar surface area (TPSA) is 30.2 Å². The van der Waals surface area contributed by atoms with Gasteiger partial charge in [-0.3, -0.25) is 0 Å². The van der Waals surface area contributed by atoms with Crippen LogP contribution in [-0.4, -0.2) is 0 Å². The fourth-order valence-corrected chi connectivity index (χ4v) is 7.06. The van der Waals surface area contributed by atoms with Crippen molar-refractivity contribution in [1.29, 1.82) is 0 Å². The van der Waals surface area contributed by atoms with Gasteiger partial charge >= 0.3 is 5.63 Å². The Morgan fingerprint density at radius 2 is 1.07 bits per heavy atom. The molecule has 0 atom stereocenters. The molecule has 0 radical (unpaired) electrons. The predicted octanol–water partition coefficient (Wildman–Crippen LogP) is 7.68. The lowest BCUT2D eigenvalue weighted by molar-refractivity contribution is 0.573. The van der Waals surface area contributed by atoms with Crippen LogP contribution in [0.1, 0.15) is 0 Å². The standard InChI is InChI=1S/C25H12O2S2/c26-25-14-8-2-1-7-13(14)19-20-15-9-3-5-11-17(15)28-23(20)24-21(22(19)27-25)16-10-4-6-12-18(16)29-24/h1-12H. The van der Waals surface area contributed by atoms with Gasteiger partial charge in [0.1, 0.15) is 5.58 Å². The van der Waals surface area contributed by atoms with Crippen LogP contribution in [-0.2, 0) is 0 Å². The van der Waals surface area contributed by atoms with Crippen LogP contribution in [0.5, 0.6) is 0 Å². The average molecular weight is 409 g/mol. The Morgan fingerprint density at radius 3 is 1.76 bits per heavy atom. The third-order valence-electron chi connectivity index (χ3n) is 5.71. The smallest absolute Gasteiger partial charge is 0.344 e. The molecule has 29 heavy (non-hydrogen) atoms. The van der Waals surface area contributed by atoms with E-state index in [9.17, 15) is 4.79 Å². The quantitative estimate of drug-likeness (QED) is 0.190. The summed E-state index contributed by atoms with van der Waals surface area (Å²) < 4.78 is 11.0. The van der Waals surface area contributed by atoms with Gasteiger partial charge in [0.05, 0.1) is 14.8 Å². The SMILES string of the molecule is O=c1oc2c3c4ccccc4sc3c3sc4ccccc4c3c2c2ccccc12. The summed E-state index contributed by atoms with van der Waals surface area (Å²) in [7, 11) is 0. The average Bonchev–Trinajstić information content (AvgIpc) is 3.33. The first-order valence-electron chi connectivity index (χ1n) is 9.41. The molecule has 0 saturated carbocycles. The molecule has 0 aliphatic rings. The van der Waals surface area contributed by atoms with Crippen molar-refractivity contribution >= 4 is 84.8 Å². The fraction of sp³-hybridized carbons (Fsp3) is 0. The Hall–Kier alpha value is -3.21. The van der Waals surface area contributed by atoms with E-state index in [1.54, 1.807) is 11.3 Å². The zero-order chi connectivity index (χ0) is 19.1. The van der Waals surface area contributed by atoms with Crippen LogP contribution in [0.4, 0.5) is 0 Å². The summed E-state index contributed by atoms with van der Waals surface area (Å²) in [5, 5.41) is 7.26. The highest BCUT2D eigenvalue weighted by Crippen LogP contribution is 2.49. The predicted molar refractivity (Wildman–Crippen MR) is 126 cm³/mol. The van der Waals surface area contributed by atoms with Crippen molar-refractivity contribution in [3.8, 4) is 0 Å². The van der Waals surface area contributed by atoms with Crippen LogP contribution >= 0.6 is 22.7 Å². The molecule has 7 rings (SSSR count). The lowest BCUT2D eigenvalue weighted by Gasteiger charge is -2.07. The van der Waals surface area contributed by atoms with Crippen LogP contribution in [0.3, 0.4) is 0 Å². The first-order chi connectivity index (χ1) is 14.3. The second-order valence-electron chi connectivity index (χ2n) is 7.24. The Kier molecular flexibility index (Phi) is 2.94. The third-order valence-corrected chi connectivity index (χ3v) is 8.22. The normalized spacial score (nSPS) is 12.3. The van der Waals surface area contributed by atoms with Crippen LogP contribution in [0.25, 0.3) is 62.1 Å². The third kappa shape index (κ3) is 1.92. The van der Waals surface area contributed by atoms with Gasteiger partial charge in [-0.1, -0.05) is 54.6 Å². The molecule has 4 aromatic carbocycles. The van der Waals surface area contributed by atoms with E-state index in [1.807, 2.05) is 35.6 Å². The molecular weight excluding hydrogens is 396 g/mol. The molecule has 3 aromatic heterocycles. The molecule has 4 heteroatoms. The van der Waals surface area contributed by atoms with Crippen molar-refractivity contribution in [2.45, 2.75) is 0 Å². The molecule has 0 unspecified atom stereocenters. The van der Waals surface area contributed by atoms with Gasteiger partial charge < -0.3 is 4.42 Å². The van der Waals surface area contributed by atoms with E-state index < -0.39 is 0 Å². The molecule has 0 amide bonds. The van der Waals surface area contributed by atoms with E-state index in [1.165, 1.54) is 29.6 Å². The van der Waals surface area contributed by atoms with Crippen LogP contribution in [0, 0.1) is 0 Å². The molecule has 0 spiro atoms. The summed E-state index contributed by atoms with van der Waals surface area (Å²) in [6, 6.07) is 24.7. The molecule has 3 heterocycles. The largest absolute Gasteiger partial charge is 0.422 e. The van der Waals surface area contributed by atoms with Gasteiger partial charge in [-0.05, 0) is 18.2 Å². The van der Waals surface area contributed by atoms with Crippen LogP contribution < -0.4 is 5.63 Å². The maximum Gasteiger partial charge on any atom is 0.344 e. The van der Waals surface area contributed by atoms with Gasteiger partial charge in [-0.2, -0.15) is 0 Å². The summed E-state index contributed by atoms with van der Waals surface area (Å²) in [6.07, 6.45) is 0. The minimum Gasteiger partial charge on any atom is -0.422 e. The number of hydrogen-bond acceptors (Lipinski definition) is 4. The minimum absolute atomic E-state index is 0.274. The fourth-order valence-electron chi connectivity index (χ4n) is 4.51. The zero-order valence-electron chi connectivity index (χ0n) is 15.1. The van der Waals surface area contributed by atoms with Gasteiger partial charge in [0.15, 0.2) is 0 Å². The Morgan fingerprint density at radius 1 is 0.552 bits per heavy atom. The lowest BCUT2D eigenvalue weighted by Crippen LogP contribution is -1.99. The Labute approximate surface area is 172 Å². The number of fused-ring (bicyclic) bond motifs is 12. The minimum atomic E-state index is -0.274. The van der Waals surface area contributed by atoms with Crippen molar-refractivity contribution in [2.24, 2.45) is 0 Å². The van der Waals surface area contributed by atoms with Gasteiger partial charge in [-0.25, -0.2) is 4.79 Å².